The van der Waals surface area contributed by atoms with Crippen molar-refractivity contribution in [2.75, 3.05) is 26.2 Å². The third-order valence-corrected chi connectivity index (χ3v) is 4.92. The first-order valence-electron chi connectivity index (χ1n) is 7.61. The molecule has 0 atom stereocenters. The fraction of sp³-hybridized carbons (Fsp3) is 0.533. The lowest BCUT2D eigenvalue weighted by atomic mass is 10.2. The second kappa shape index (κ2) is 7.71. The molecule has 0 aromatic heterocycles. The zero-order valence-corrected chi connectivity index (χ0v) is 13.6. The molecule has 0 bridgehead atoms. The molecule has 122 valence electrons. The average molecular weight is 325 g/mol. The number of amides is 1. The van der Waals surface area contributed by atoms with E-state index in [9.17, 15) is 13.2 Å². The van der Waals surface area contributed by atoms with Crippen LogP contribution in [0.4, 0.5) is 0 Å². The molecule has 6 nitrogen and oxygen atoms in total. The first-order valence-corrected chi connectivity index (χ1v) is 9.10. The monoisotopic (exact) mass is 325 g/mol. The Morgan fingerprint density at radius 1 is 1.27 bits per heavy atom. The van der Waals surface area contributed by atoms with Gasteiger partial charge in [0.05, 0.1) is 4.90 Å². The van der Waals surface area contributed by atoms with E-state index in [1.165, 1.54) is 12.1 Å². The highest BCUT2D eigenvalue weighted by Gasteiger charge is 2.24. The zero-order valence-electron chi connectivity index (χ0n) is 12.8. The maximum absolute atomic E-state index is 12.2. The molecule has 7 heteroatoms. The van der Waals surface area contributed by atoms with Crippen molar-refractivity contribution in [3.8, 4) is 0 Å². The highest BCUT2D eigenvalue weighted by molar-refractivity contribution is 7.89. The van der Waals surface area contributed by atoms with Gasteiger partial charge < -0.3 is 10.6 Å². The van der Waals surface area contributed by atoms with E-state index < -0.39 is 10.0 Å². The van der Waals surface area contributed by atoms with Gasteiger partial charge in [-0.25, -0.2) is 13.1 Å². The number of sulfonamides is 1. The fourth-order valence-corrected chi connectivity index (χ4v) is 3.14. The lowest BCUT2D eigenvalue weighted by Crippen LogP contribution is -2.32. The van der Waals surface area contributed by atoms with Crippen LogP contribution in [0, 0.1) is 5.92 Å². The van der Waals surface area contributed by atoms with Crippen molar-refractivity contribution < 1.29 is 13.2 Å². The number of carbonyl (C=O) groups excluding carboxylic acids is 1. The van der Waals surface area contributed by atoms with Crippen molar-refractivity contribution >= 4 is 15.9 Å². The summed E-state index contributed by atoms with van der Waals surface area (Å²) in [4.78, 5) is 12.1. The fourth-order valence-electron chi connectivity index (χ4n) is 1.98. The zero-order chi connectivity index (χ0) is 16.0. The second-order valence-corrected chi connectivity index (χ2v) is 7.20. The molecular weight excluding hydrogens is 302 g/mol. The van der Waals surface area contributed by atoms with Gasteiger partial charge in [0.15, 0.2) is 0 Å². The molecule has 0 unspecified atom stereocenters. The van der Waals surface area contributed by atoms with Crippen molar-refractivity contribution in [3.05, 3.63) is 29.8 Å². The molecule has 0 heterocycles. The number of carbonyl (C=O) groups is 1. The smallest absolute Gasteiger partial charge is 0.251 e. The van der Waals surface area contributed by atoms with Gasteiger partial charge in [-0.05, 0) is 43.5 Å². The first-order chi connectivity index (χ1) is 10.5. The number of hydrogen-bond acceptors (Lipinski definition) is 4. The summed E-state index contributed by atoms with van der Waals surface area (Å²) in [6, 6.07) is 6.12. The van der Waals surface area contributed by atoms with Gasteiger partial charge in [-0.1, -0.05) is 13.0 Å². The Morgan fingerprint density at radius 3 is 2.73 bits per heavy atom. The third-order valence-electron chi connectivity index (χ3n) is 3.50. The maximum atomic E-state index is 12.2. The first kappa shape index (κ1) is 16.9. The molecular formula is C15H23N3O3S. The summed E-state index contributed by atoms with van der Waals surface area (Å²) in [5, 5.41) is 5.86. The van der Waals surface area contributed by atoms with E-state index in [0.29, 0.717) is 31.1 Å². The standard InChI is InChI=1S/C15H23N3O3S/c1-2-16-8-9-17-15(19)13-4-3-5-14(10-13)22(20,21)18-11-12-6-7-12/h3-5,10,12,16,18H,2,6-9,11H2,1H3,(H,17,19). The molecule has 2 rings (SSSR count). The largest absolute Gasteiger partial charge is 0.351 e. The molecule has 1 saturated carbocycles. The van der Waals surface area contributed by atoms with Crippen LogP contribution in [0.5, 0.6) is 0 Å². The second-order valence-electron chi connectivity index (χ2n) is 5.43. The Labute approximate surface area is 131 Å². The van der Waals surface area contributed by atoms with Crippen LogP contribution in [-0.2, 0) is 10.0 Å². The van der Waals surface area contributed by atoms with Gasteiger partial charge in [0.25, 0.3) is 5.91 Å². The van der Waals surface area contributed by atoms with Crippen LogP contribution in [0.15, 0.2) is 29.2 Å². The van der Waals surface area contributed by atoms with Gasteiger partial charge in [0.1, 0.15) is 0 Å². The van der Waals surface area contributed by atoms with Crippen molar-refractivity contribution in [1.29, 1.82) is 0 Å². The minimum Gasteiger partial charge on any atom is -0.351 e. The van der Waals surface area contributed by atoms with Crippen molar-refractivity contribution in [3.63, 3.8) is 0 Å². The number of benzene rings is 1. The highest BCUT2D eigenvalue weighted by atomic mass is 32.2. The number of nitrogens with one attached hydrogen (secondary N) is 3. The molecule has 22 heavy (non-hydrogen) atoms. The van der Waals surface area contributed by atoms with Crippen molar-refractivity contribution in [2.45, 2.75) is 24.7 Å². The summed E-state index contributed by atoms with van der Waals surface area (Å²) in [6.07, 6.45) is 2.16. The van der Waals surface area contributed by atoms with E-state index in [2.05, 4.69) is 15.4 Å². The summed E-state index contributed by atoms with van der Waals surface area (Å²) in [6.45, 7) is 4.50. The summed E-state index contributed by atoms with van der Waals surface area (Å²) in [5.41, 5.74) is 0.353. The van der Waals surface area contributed by atoms with E-state index in [1.54, 1.807) is 12.1 Å². The molecule has 0 spiro atoms. The average Bonchev–Trinajstić information content (AvgIpc) is 3.34. The molecule has 3 N–H and O–H groups in total. The Bertz CT molecular complexity index is 612. The predicted molar refractivity (Wildman–Crippen MR) is 85.2 cm³/mol. The van der Waals surface area contributed by atoms with Gasteiger partial charge in [0.2, 0.25) is 10.0 Å². The van der Waals surface area contributed by atoms with E-state index in [1.807, 2.05) is 6.92 Å². The summed E-state index contributed by atoms with van der Waals surface area (Å²) < 4.78 is 27.0. The molecule has 0 radical (unpaired) electrons. The van der Waals surface area contributed by atoms with Gasteiger partial charge >= 0.3 is 0 Å². The van der Waals surface area contributed by atoms with Gasteiger partial charge in [-0.2, -0.15) is 0 Å². The topological polar surface area (TPSA) is 87.3 Å². The van der Waals surface area contributed by atoms with E-state index >= 15 is 0 Å². The normalized spacial score (nSPS) is 14.8. The summed E-state index contributed by atoms with van der Waals surface area (Å²) >= 11 is 0. The van der Waals surface area contributed by atoms with Gasteiger partial charge in [-0.15, -0.1) is 0 Å². The maximum Gasteiger partial charge on any atom is 0.251 e. The molecule has 1 aromatic carbocycles. The van der Waals surface area contributed by atoms with Crippen LogP contribution in [0.25, 0.3) is 0 Å². The minimum absolute atomic E-state index is 0.132. The predicted octanol–water partition coefficient (Wildman–Crippen LogP) is 0.714. The van der Waals surface area contributed by atoms with Gasteiger partial charge in [0, 0.05) is 25.2 Å². The van der Waals surface area contributed by atoms with E-state index in [4.69, 9.17) is 0 Å². The summed E-state index contributed by atoms with van der Waals surface area (Å²) in [7, 11) is -3.54. The van der Waals surface area contributed by atoms with Crippen LogP contribution in [-0.4, -0.2) is 40.5 Å². The molecule has 1 amide bonds. The molecule has 1 fully saturated rings. The Balaban J connectivity index is 1.97. The van der Waals surface area contributed by atoms with Crippen LogP contribution in [0.2, 0.25) is 0 Å². The Hall–Kier alpha value is -1.44. The van der Waals surface area contributed by atoms with E-state index in [0.717, 1.165) is 19.4 Å². The van der Waals surface area contributed by atoms with Crippen LogP contribution in [0.1, 0.15) is 30.1 Å². The van der Waals surface area contributed by atoms with Crippen LogP contribution >= 0.6 is 0 Å². The Kier molecular flexibility index (Phi) is 5.93. The third kappa shape index (κ3) is 5.08. The number of likely N-dealkylation sites (N-methyl/N-ethyl adjacent to an activating group) is 1. The van der Waals surface area contributed by atoms with Crippen molar-refractivity contribution in [1.82, 2.24) is 15.4 Å². The van der Waals surface area contributed by atoms with Crippen LogP contribution < -0.4 is 15.4 Å². The van der Waals surface area contributed by atoms with Crippen LogP contribution in [0.3, 0.4) is 0 Å². The lowest BCUT2D eigenvalue weighted by molar-refractivity contribution is 0.0953. The SMILES string of the molecule is CCNCCNC(=O)c1cccc(S(=O)(=O)NCC2CC2)c1. The number of rotatable bonds is 9. The highest BCUT2D eigenvalue weighted by Crippen LogP contribution is 2.28. The quantitative estimate of drug-likeness (QED) is 0.584. The minimum atomic E-state index is -3.54. The van der Waals surface area contributed by atoms with Gasteiger partial charge in [-0.3, -0.25) is 4.79 Å². The van der Waals surface area contributed by atoms with E-state index in [-0.39, 0.29) is 10.8 Å². The molecule has 0 saturated heterocycles. The molecule has 0 aliphatic heterocycles. The number of hydrogen-bond donors (Lipinski definition) is 3. The Morgan fingerprint density at radius 2 is 2.05 bits per heavy atom. The summed E-state index contributed by atoms with van der Waals surface area (Å²) in [5.74, 6) is 0.199. The molecule has 1 aliphatic rings. The molecule has 1 aromatic rings. The lowest BCUT2D eigenvalue weighted by Gasteiger charge is -2.09. The molecule has 1 aliphatic carbocycles. The van der Waals surface area contributed by atoms with Crippen molar-refractivity contribution in [2.24, 2.45) is 5.92 Å².